The number of carbonyl (C=O) groups excluding carboxylic acids is 1. The molecule has 1 aromatic carbocycles. The molecule has 0 saturated carbocycles. The quantitative estimate of drug-likeness (QED) is 0.804. The molecule has 0 spiro atoms. The number of hydrogen-bond acceptors (Lipinski definition) is 3. The van der Waals surface area contributed by atoms with Crippen molar-refractivity contribution in [1.82, 2.24) is 15.5 Å². The lowest BCUT2D eigenvalue weighted by molar-refractivity contribution is 0.249. The number of urea groups is 1. The van der Waals surface area contributed by atoms with Crippen molar-refractivity contribution in [2.24, 2.45) is 0 Å². The highest BCUT2D eigenvalue weighted by Crippen LogP contribution is 2.36. The molecule has 1 aromatic heterocycles. The van der Waals surface area contributed by atoms with Crippen molar-refractivity contribution in [1.29, 1.82) is 0 Å². The van der Waals surface area contributed by atoms with Crippen LogP contribution in [-0.4, -0.2) is 28.9 Å². The second-order valence-electron chi connectivity index (χ2n) is 5.79. The zero-order valence-electron chi connectivity index (χ0n) is 13.1. The Morgan fingerprint density at radius 3 is 3.04 bits per heavy atom. The van der Waals surface area contributed by atoms with E-state index in [0.717, 1.165) is 23.4 Å². The molecule has 0 saturated heterocycles. The second kappa shape index (κ2) is 6.50. The maximum atomic E-state index is 12.2. The summed E-state index contributed by atoms with van der Waals surface area (Å²) in [5.41, 5.74) is 3.55. The van der Waals surface area contributed by atoms with Crippen molar-refractivity contribution in [3.8, 4) is 5.75 Å². The predicted octanol–water partition coefficient (Wildman–Crippen LogP) is 3.06. The van der Waals surface area contributed by atoms with Crippen molar-refractivity contribution in [2.45, 2.75) is 32.7 Å². The van der Waals surface area contributed by atoms with E-state index < -0.39 is 0 Å². The molecule has 2 amide bonds. The highest BCUT2D eigenvalue weighted by atomic mass is 35.5. The maximum Gasteiger partial charge on any atom is 0.319 e. The summed E-state index contributed by atoms with van der Waals surface area (Å²) in [7, 11) is 0. The van der Waals surface area contributed by atoms with E-state index in [2.05, 4.69) is 20.8 Å². The molecule has 0 bridgehead atoms. The van der Waals surface area contributed by atoms with E-state index >= 15 is 0 Å². The van der Waals surface area contributed by atoms with Crippen molar-refractivity contribution in [3.63, 3.8) is 0 Å². The Bertz CT molecular complexity index is 729. The van der Waals surface area contributed by atoms with Gasteiger partial charge >= 0.3 is 6.03 Å². The number of aryl methyl sites for hydroxylation is 1. The van der Waals surface area contributed by atoms with E-state index in [1.54, 1.807) is 6.07 Å². The van der Waals surface area contributed by atoms with Crippen molar-refractivity contribution in [3.05, 3.63) is 40.2 Å². The Kier molecular flexibility index (Phi) is 4.43. The molecule has 1 aliphatic rings. The van der Waals surface area contributed by atoms with Gasteiger partial charge in [-0.15, -0.1) is 0 Å². The number of aromatic amines is 1. The molecule has 3 rings (SSSR count). The number of nitrogens with zero attached hydrogens (tertiary/aromatic N) is 1. The van der Waals surface area contributed by atoms with Crippen LogP contribution in [0.1, 0.15) is 23.9 Å². The summed E-state index contributed by atoms with van der Waals surface area (Å²) in [6.45, 7) is 4.49. The highest BCUT2D eigenvalue weighted by molar-refractivity contribution is 6.31. The number of aromatic nitrogens is 2. The molecular formula is C16H19ClN4O2. The Labute approximate surface area is 139 Å². The molecule has 6 nitrogen and oxygen atoms in total. The van der Waals surface area contributed by atoms with Gasteiger partial charge in [0.1, 0.15) is 5.75 Å². The lowest BCUT2D eigenvalue weighted by Gasteiger charge is -2.15. The van der Waals surface area contributed by atoms with Crippen LogP contribution in [0.2, 0.25) is 5.02 Å². The molecule has 1 aliphatic heterocycles. The average molecular weight is 335 g/mol. The lowest BCUT2D eigenvalue weighted by Crippen LogP contribution is -2.37. The molecule has 0 unspecified atom stereocenters. The summed E-state index contributed by atoms with van der Waals surface area (Å²) >= 11 is 6.09. The first-order valence-electron chi connectivity index (χ1n) is 7.55. The van der Waals surface area contributed by atoms with Crippen LogP contribution >= 0.6 is 11.6 Å². The third-order valence-electron chi connectivity index (χ3n) is 3.65. The summed E-state index contributed by atoms with van der Waals surface area (Å²) in [5.74, 6) is 0.708. The van der Waals surface area contributed by atoms with Crippen LogP contribution in [0.25, 0.3) is 0 Å². The minimum atomic E-state index is -0.287. The van der Waals surface area contributed by atoms with Gasteiger partial charge in [-0.3, -0.25) is 5.10 Å². The first kappa shape index (κ1) is 15.7. The number of fused-ring (bicyclic) bond motifs is 1. The van der Waals surface area contributed by atoms with E-state index in [1.807, 2.05) is 26.0 Å². The molecule has 2 aromatic rings. The molecular weight excluding hydrogens is 316 g/mol. The van der Waals surface area contributed by atoms with E-state index in [4.69, 9.17) is 16.3 Å². The molecule has 1 atom stereocenters. The number of amides is 2. The maximum absolute atomic E-state index is 12.2. The minimum absolute atomic E-state index is 0.0501. The van der Waals surface area contributed by atoms with E-state index in [0.29, 0.717) is 29.5 Å². The number of H-pyrrole nitrogens is 1. The Morgan fingerprint density at radius 1 is 1.48 bits per heavy atom. The third kappa shape index (κ3) is 3.76. The Morgan fingerprint density at radius 2 is 2.30 bits per heavy atom. The van der Waals surface area contributed by atoms with Crippen LogP contribution in [0.4, 0.5) is 10.5 Å². The number of ether oxygens (including phenoxy) is 1. The monoisotopic (exact) mass is 334 g/mol. The number of anilines is 1. The molecule has 122 valence electrons. The predicted molar refractivity (Wildman–Crippen MR) is 89.3 cm³/mol. The van der Waals surface area contributed by atoms with Gasteiger partial charge in [-0.2, -0.15) is 5.10 Å². The van der Waals surface area contributed by atoms with Crippen LogP contribution in [0.15, 0.2) is 18.2 Å². The topological polar surface area (TPSA) is 79.0 Å². The summed E-state index contributed by atoms with van der Waals surface area (Å²) in [5, 5.41) is 13.4. The van der Waals surface area contributed by atoms with Gasteiger partial charge in [-0.25, -0.2) is 4.79 Å². The van der Waals surface area contributed by atoms with Crippen LogP contribution in [0.5, 0.6) is 5.75 Å². The highest BCUT2D eigenvalue weighted by Gasteiger charge is 2.19. The van der Waals surface area contributed by atoms with Crippen molar-refractivity contribution in [2.75, 3.05) is 11.9 Å². The smallest absolute Gasteiger partial charge is 0.319 e. The average Bonchev–Trinajstić information content (AvgIpc) is 3.07. The van der Waals surface area contributed by atoms with Gasteiger partial charge in [0, 0.05) is 35.2 Å². The van der Waals surface area contributed by atoms with E-state index in [9.17, 15) is 4.79 Å². The van der Waals surface area contributed by atoms with E-state index in [-0.39, 0.29) is 12.1 Å². The zero-order chi connectivity index (χ0) is 16.4. The standard InChI is InChI=1S/C16H19ClN4O2/c1-9(5-13-6-10(2)20-21-13)18-16(22)19-14-8-12(17)7-11-3-4-23-15(11)14/h6-9H,3-5H2,1-2H3,(H,20,21)(H2,18,19,22)/t9-/m1/s1. The van der Waals surface area contributed by atoms with Gasteiger partial charge in [0.2, 0.25) is 0 Å². The molecule has 0 radical (unpaired) electrons. The number of hydrogen-bond donors (Lipinski definition) is 3. The Hall–Kier alpha value is -2.21. The number of benzene rings is 1. The molecule has 23 heavy (non-hydrogen) atoms. The number of carbonyl (C=O) groups is 1. The van der Waals surface area contributed by atoms with Crippen LogP contribution < -0.4 is 15.4 Å². The summed E-state index contributed by atoms with van der Waals surface area (Å²) in [4.78, 5) is 12.2. The zero-order valence-corrected chi connectivity index (χ0v) is 13.8. The third-order valence-corrected chi connectivity index (χ3v) is 3.87. The van der Waals surface area contributed by atoms with Gasteiger partial charge in [-0.05, 0) is 32.0 Å². The lowest BCUT2D eigenvalue weighted by atomic mass is 10.1. The fourth-order valence-electron chi connectivity index (χ4n) is 2.69. The van der Waals surface area contributed by atoms with Gasteiger partial charge in [0.25, 0.3) is 0 Å². The van der Waals surface area contributed by atoms with E-state index in [1.165, 1.54) is 0 Å². The van der Waals surface area contributed by atoms with Crippen LogP contribution in [0, 0.1) is 6.92 Å². The first-order valence-corrected chi connectivity index (χ1v) is 7.92. The van der Waals surface area contributed by atoms with Gasteiger partial charge in [-0.1, -0.05) is 11.6 Å². The van der Waals surface area contributed by atoms with Crippen LogP contribution in [0.3, 0.4) is 0 Å². The number of halogens is 1. The first-order chi connectivity index (χ1) is 11.0. The van der Waals surface area contributed by atoms with Crippen LogP contribution in [-0.2, 0) is 12.8 Å². The van der Waals surface area contributed by atoms with Gasteiger partial charge < -0.3 is 15.4 Å². The molecule has 3 N–H and O–H groups in total. The number of rotatable bonds is 4. The summed E-state index contributed by atoms with van der Waals surface area (Å²) in [6.07, 6.45) is 1.46. The Balaban J connectivity index is 1.61. The van der Waals surface area contributed by atoms with Gasteiger partial charge in [0.05, 0.1) is 18.0 Å². The number of nitrogens with one attached hydrogen (secondary N) is 3. The largest absolute Gasteiger partial charge is 0.491 e. The van der Waals surface area contributed by atoms with Crippen molar-refractivity contribution < 1.29 is 9.53 Å². The fraction of sp³-hybridized carbons (Fsp3) is 0.375. The SMILES string of the molecule is Cc1cc(C[C@@H](C)NC(=O)Nc2cc(Cl)cc3c2OCC3)n[nH]1. The van der Waals surface area contributed by atoms with Crippen molar-refractivity contribution >= 4 is 23.3 Å². The summed E-state index contributed by atoms with van der Waals surface area (Å²) < 4.78 is 5.57. The minimum Gasteiger partial charge on any atom is -0.491 e. The molecule has 0 aliphatic carbocycles. The van der Waals surface area contributed by atoms with Gasteiger partial charge in [0.15, 0.2) is 0 Å². The normalized spacial score (nSPS) is 14.0. The molecule has 0 fully saturated rings. The fourth-order valence-corrected chi connectivity index (χ4v) is 2.93. The summed E-state index contributed by atoms with van der Waals surface area (Å²) in [6, 6.07) is 5.20. The second-order valence-corrected chi connectivity index (χ2v) is 6.22. The molecule has 7 heteroatoms. The molecule has 2 heterocycles.